The Kier molecular flexibility index (Phi) is 5.85. The van der Waals surface area contributed by atoms with Gasteiger partial charge < -0.3 is 5.11 Å². The van der Waals surface area contributed by atoms with Gasteiger partial charge >= 0.3 is 0 Å². The van der Waals surface area contributed by atoms with E-state index in [1.807, 2.05) is 13.8 Å². The third kappa shape index (κ3) is 3.91. The molecule has 102 valence electrons. The number of aliphatic hydroxyl groups excluding tert-OH is 1. The molecule has 0 aromatic rings. The molecule has 0 amide bonds. The molecule has 1 heterocycles. The highest BCUT2D eigenvalue weighted by Gasteiger charge is 2.31. The molecule has 17 heavy (non-hydrogen) atoms. The van der Waals surface area contributed by atoms with Gasteiger partial charge in [-0.25, -0.2) is 0 Å². The molecule has 6 heteroatoms. The van der Waals surface area contributed by atoms with Gasteiger partial charge in [-0.1, -0.05) is 6.42 Å². The van der Waals surface area contributed by atoms with Gasteiger partial charge in [0.05, 0.1) is 0 Å². The minimum absolute atomic E-state index is 0.0265. The van der Waals surface area contributed by atoms with Crippen molar-refractivity contribution >= 4 is 10.2 Å². The summed E-state index contributed by atoms with van der Waals surface area (Å²) in [7, 11) is -3.34. The molecule has 1 fully saturated rings. The molecule has 0 spiro atoms. The lowest BCUT2D eigenvalue weighted by Gasteiger charge is -2.34. The largest absolute Gasteiger partial charge is 0.396 e. The van der Waals surface area contributed by atoms with Crippen molar-refractivity contribution in [3.05, 3.63) is 0 Å². The van der Waals surface area contributed by atoms with Crippen LogP contribution < -0.4 is 0 Å². The maximum atomic E-state index is 12.4. The maximum Gasteiger partial charge on any atom is 0.282 e. The van der Waals surface area contributed by atoms with Gasteiger partial charge in [-0.3, -0.25) is 0 Å². The van der Waals surface area contributed by atoms with E-state index in [1.54, 1.807) is 4.31 Å². The van der Waals surface area contributed by atoms with Gasteiger partial charge in [-0.2, -0.15) is 17.0 Å². The van der Waals surface area contributed by atoms with E-state index >= 15 is 0 Å². The SMILES string of the molecule is CC(C)N(CCCO)S(=O)(=O)N1CCCCC1. The van der Waals surface area contributed by atoms with Crippen molar-refractivity contribution in [2.45, 2.75) is 45.6 Å². The average molecular weight is 264 g/mol. The molecule has 0 saturated carbocycles. The van der Waals surface area contributed by atoms with Crippen LogP contribution in [0.15, 0.2) is 0 Å². The lowest BCUT2D eigenvalue weighted by molar-refractivity contribution is 0.243. The molecular formula is C11H24N2O3S. The Morgan fingerprint density at radius 1 is 1.24 bits per heavy atom. The molecule has 0 bridgehead atoms. The van der Waals surface area contributed by atoms with Crippen LogP contribution in [0, 0.1) is 0 Å². The van der Waals surface area contributed by atoms with Crippen LogP contribution in [0.2, 0.25) is 0 Å². The molecule has 0 radical (unpaired) electrons. The molecule has 0 aromatic carbocycles. The van der Waals surface area contributed by atoms with Gasteiger partial charge in [0.1, 0.15) is 0 Å². The van der Waals surface area contributed by atoms with E-state index in [9.17, 15) is 8.42 Å². The number of piperidine rings is 1. The van der Waals surface area contributed by atoms with Crippen LogP contribution in [0.5, 0.6) is 0 Å². The number of hydrogen-bond donors (Lipinski definition) is 1. The predicted molar refractivity (Wildman–Crippen MR) is 67.9 cm³/mol. The van der Waals surface area contributed by atoms with Crippen LogP contribution in [-0.4, -0.2) is 54.4 Å². The van der Waals surface area contributed by atoms with Gasteiger partial charge in [0.15, 0.2) is 0 Å². The summed E-state index contributed by atoms with van der Waals surface area (Å²) in [6, 6.07) is -0.0616. The van der Waals surface area contributed by atoms with Crippen LogP contribution >= 0.6 is 0 Å². The standard InChI is InChI=1S/C11H24N2O3S/c1-11(2)13(9-6-10-14)17(15,16)12-7-4-3-5-8-12/h11,14H,3-10H2,1-2H3. The summed E-state index contributed by atoms with van der Waals surface area (Å²) in [5, 5.41) is 8.84. The van der Waals surface area contributed by atoms with E-state index in [4.69, 9.17) is 5.11 Å². The van der Waals surface area contributed by atoms with Crippen molar-refractivity contribution < 1.29 is 13.5 Å². The third-order valence-corrected chi connectivity index (χ3v) is 5.26. The summed E-state index contributed by atoms with van der Waals surface area (Å²) >= 11 is 0. The number of rotatable bonds is 6. The monoisotopic (exact) mass is 264 g/mol. The van der Waals surface area contributed by atoms with Gasteiger partial charge in [-0.05, 0) is 33.1 Å². The molecule has 0 aliphatic carbocycles. The molecule has 0 unspecified atom stereocenters. The lowest BCUT2D eigenvalue weighted by Crippen LogP contribution is -2.49. The van der Waals surface area contributed by atoms with Crippen molar-refractivity contribution in [1.29, 1.82) is 0 Å². The first-order valence-corrected chi connectivity index (χ1v) is 7.77. The fourth-order valence-corrected chi connectivity index (χ4v) is 4.02. The number of nitrogens with zero attached hydrogens (tertiary/aromatic N) is 2. The third-order valence-electron chi connectivity index (χ3n) is 3.05. The summed E-state index contributed by atoms with van der Waals surface area (Å²) in [5.41, 5.74) is 0. The summed E-state index contributed by atoms with van der Waals surface area (Å²) in [6.07, 6.45) is 3.51. The van der Waals surface area contributed by atoms with Crippen molar-refractivity contribution in [2.75, 3.05) is 26.2 Å². The summed E-state index contributed by atoms with van der Waals surface area (Å²) in [4.78, 5) is 0. The first-order valence-electron chi connectivity index (χ1n) is 6.38. The van der Waals surface area contributed by atoms with E-state index in [-0.39, 0.29) is 12.6 Å². The zero-order valence-electron chi connectivity index (χ0n) is 10.8. The van der Waals surface area contributed by atoms with Gasteiger partial charge in [0.25, 0.3) is 10.2 Å². The molecule has 1 N–H and O–H groups in total. The Bertz CT molecular complexity index is 311. The summed E-state index contributed by atoms with van der Waals surface area (Å²) in [5.74, 6) is 0. The van der Waals surface area contributed by atoms with E-state index in [1.165, 1.54) is 4.31 Å². The Labute approximate surface area is 105 Å². The first-order chi connectivity index (χ1) is 8.00. The van der Waals surface area contributed by atoms with E-state index < -0.39 is 10.2 Å². The second-order valence-electron chi connectivity index (χ2n) is 4.75. The summed E-state index contributed by atoms with van der Waals surface area (Å²) in [6.45, 7) is 5.43. The van der Waals surface area contributed by atoms with E-state index in [0.717, 1.165) is 19.3 Å². The smallest absolute Gasteiger partial charge is 0.282 e. The Morgan fingerprint density at radius 3 is 2.29 bits per heavy atom. The van der Waals surface area contributed by atoms with Crippen LogP contribution in [0.4, 0.5) is 0 Å². The number of hydrogen-bond acceptors (Lipinski definition) is 3. The normalized spacial score (nSPS) is 19.1. The highest BCUT2D eigenvalue weighted by atomic mass is 32.2. The topological polar surface area (TPSA) is 60.9 Å². The molecule has 5 nitrogen and oxygen atoms in total. The fraction of sp³-hybridized carbons (Fsp3) is 1.00. The van der Waals surface area contributed by atoms with Crippen molar-refractivity contribution in [1.82, 2.24) is 8.61 Å². The average Bonchev–Trinajstić information content (AvgIpc) is 2.30. The zero-order chi connectivity index (χ0) is 12.9. The summed E-state index contributed by atoms with van der Waals surface area (Å²) < 4.78 is 27.9. The molecular weight excluding hydrogens is 240 g/mol. The minimum Gasteiger partial charge on any atom is -0.396 e. The van der Waals surface area contributed by atoms with Crippen molar-refractivity contribution in [3.63, 3.8) is 0 Å². The highest BCUT2D eigenvalue weighted by Crippen LogP contribution is 2.18. The van der Waals surface area contributed by atoms with Crippen LogP contribution in [0.3, 0.4) is 0 Å². The second kappa shape index (κ2) is 6.68. The molecule has 1 saturated heterocycles. The fourth-order valence-electron chi connectivity index (χ4n) is 2.11. The first kappa shape index (κ1) is 14.9. The quantitative estimate of drug-likeness (QED) is 0.772. The van der Waals surface area contributed by atoms with Gasteiger partial charge in [0, 0.05) is 32.3 Å². The zero-order valence-corrected chi connectivity index (χ0v) is 11.6. The highest BCUT2D eigenvalue weighted by molar-refractivity contribution is 7.86. The van der Waals surface area contributed by atoms with Gasteiger partial charge in [-0.15, -0.1) is 0 Å². The molecule has 1 rings (SSSR count). The Hall–Kier alpha value is -0.170. The molecule has 0 aromatic heterocycles. The maximum absolute atomic E-state index is 12.4. The Morgan fingerprint density at radius 2 is 1.82 bits per heavy atom. The lowest BCUT2D eigenvalue weighted by atomic mass is 10.2. The van der Waals surface area contributed by atoms with Crippen LogP contribution in [0.1, 0.15) is 39.5 Å². The number of aliphatic hydroxyl groups is 1. The Balaban J connectivity index is 2.75. The van der Waals surface area contributed by atoms with Crippen molar-refractivity contribution in [3.8, 4) is 0 Å². The minimum atomic E-state index is -3.34. The second-order valence-corrected chi connectivity index (χ2v) is 6.63. The van der Waals surface area contributed by atoms with Crippen LogP contribution in [-0.2, 0) is 10.2 Å². The molecule has 0 atom stereocenters. The van der Waals surface area contributed by atoms with Crippen LogP contribution in [0.25, 0.3) is 0 Å². The predicted octanol–water partition coefficient (Wildman–Crippen LogP) is 0.810. The molecule has 1 aliphatic rings. The van der Waals surface area contributed by atoms with Gasteiger partial charge in [0.2, 0.25) is 0 Å². The molecule has 1 aliphatic heterocycles. The van der Waals surface area contributed by atoms with Crippen molar-refractivity contribution in [2.24, 2.45) is 0 Å². The van der Waals surface area contributed by atoms with E-state index in [2.05, 4.69) is 0 Å². The van der Waals surface area contributed by atoms with E-state index in [0.29, 0.717) is 26.1 Å².